The number of nitrogens with zero attached hydrogens (tertiary/aromatic N) is 3. The van der Waals surface area contributed by atoms with Crippen LogP contribution in [0.3, 0.4) is 0 Å². The van der Waals surface area contributed by atoms with E-state index in [-0.39, 0.29) is 11.5 Å². The van der Waals surface area contributed by atoms with Gasteiger partial charge in [0, 0.05) is 27.3 Å². The summed E-state index contributed by atoms with van der Waals surface area (Å²) in [6.45, 7) is 2.68. The van der Waals surface area contributed by atoms with Crippen molar-refractivity contribution in [3.05, 3.63) is 85.5 Å². The van der Waals surface area contributed by atoms with Gasteiger partial charge in [0.2, 0.25) is 5.82 Å². The van der Waals surface area contributed by atoms with E-state index >= 15 is 0 Å². The Balaban J connectivity index is 1.77. The van der Waals surface area contributed by atoms with E-state index in [9.17, 15) is 10.1 Å². The number of pyridine rings is 1. The highest BCUT2D eigenvalue weighted by atomic mass is 79.9. The Labute approximate surface area is 192 Å². The Bertz CT molecular complexity index is 1090. The summed E-state index contributed by atoms with van der Waals surface area (Å²) in [5.41, 5.74) is 4.09. The molecule has 0 spiro atoms. The molecule has 0 radical (unpaired) electrons. The predicted molar refractivity (Wildman–Crippen MR) is 123 cm³/mol. The molecular formula is C21H18BrClN4O4. The summed E-state index contributed by atoms with van der Waals surface area (Å²) in [7, 11) is 0. The van der Waals surface area contributed by atoms with Gasteiger partial charge in [0.1, 0.15) is 6.61 Å². The molecular weight excluding hydrogens is 488 g/mol. The first-order valence-electron chi connectivity index (χ1n) is 9.20. The number of nitrogens with one attached hydrogen (secondary N) is 1. The van der Waals surface area contributed by atoms with Gasteiger partial charge in [0.25, 0.3) is 0 Å². The molecule has 1 aromatic heterocycles. The predicted octanol–water partition coefficient (Wildman–Crippen LogP) is 5.83. The molecule has 31 heavy (non-hydrogen) atoms. The average molecular weight is 506 g/mol. The van der Waals surface area contributed by atoms with E-state index in [2.05, 4.69) is 31.4 Å². The Morgan fingerprint density at radius 3 is 2.68 bits per heavy atom. The zero-order valence-corrected chi connectivity index (χ0v) is 18.8. The monoisotopic (exact) mass is 504 g/mol. The number of hydrogen-bond acceptors (Lipinski definition) is 7. The number of ether oxygens (including phenoxy) is 2. The second kappa shape index (κ2) is 10.7. The third kappa shape index (κ3) is 6.16. The summed E-state index contributed by atoms with van der Waals surface area (Å²) < 4.78 is 12.3. The maximum Gasteiger partial charge on any atom is 0.313 e. The van der Waals surface area contributed by atoms with Gasteiger partial charge in [-0.05, 0) is 58.7 Å². The van der Waals surface area contributed by atoms with Crippen molar-refractivity contribution in [3.8, 4) is 11.5 Å². The van der Waals surface area contributed by atoms with Crippen LogP contribution in [0.4, 0.5) is 11.5 Å². The number of aromatic nitrogens is 1. The van der Waals surface area contributed by atoms with Gasteiger partial charge >= 0.3 is 5.69 Å². The van der Waals surface area contributed by atoms with E-state index < -0.39 is 4.92 Å². The molecule has 0 saturated carbocycles. The van der Waals surface area contributed by atoms with E-state index in [1.807, 2.05) is 19.1 Å². The molecule has 0 amide bonds. The SMILES string of the molecule is CCOc1cc(/C=N\Nc2ncccc2[N+](=O)[O-])c(Br)cc1OCc1ccc(Cl)cc1. The lowest BCUT2D eigenvalue weighted by atomic mass is 10.2. The largest absolute Gasteiger partial charge is 0.490 e. The van der Waals surface area contributed by atoms with Crippen molar-refractivity contribution < 1.29 is 14.4 Å². The van der Waals surface area contributed by atoms with Crippen molar-refractivity contribution in [2.24, 2.45) is 5.10 Å². The Morgan fingerprint density at radius 1 is 1.23 bits per heavy atom. The van der Waals surface area contributed by atoms with Gasteiger partial charge in [-0.25, -0.2) is 4.98 Å². The first-order chi connectivity index (χ1) is 15.0. The van der Waals surface area contributed by atoms with Crippen LogP contribution in [0.15, 0.2) is 64.3 Å². The highest BCUT2D eigenvalue weighted by Crippen LogP contribution is 2.34. The van der Waals surface area contributed by atoms with E-state index in [4.69, 9.17) is 21.1 Å². The fraction of sp³-hybridized carbons (Fsp3) is 0.143. The summed E-state index contributed by atoms with van der Waals surface area (Å²) >= 11 is 9.41. The summed E-state index contributed by atoms with van der Waals surface area (Å²) in [6.07, 6.45) is 2.95. The van der Waals surface area contributed by atoms with Crippen LogP contribution >= 0.6 is 27.5 Å². The first-order valence-corrected chi connectivity index (χ1v) is 10.4. The lowest BCUT2D eigenvalue weighted by molar-refractivity contribution is -0.384. The standard InChI is InChI=1S/C21H18BrClN4O4/c1-2-30-19-10-15(12-25-26-21-18(27(28)29)4-3-9-24-21)17(22)11-20(19)31-13-14-5-7-16(23)8-6-14/h3-12H,2,13H2,1H3,(H,24,26)/b25-12-. The number of hydrogen-bond donors (Lipinski definition) is 1. The van der Waals surface area contributed by atoms with Crippen LogP contribution < -0.4 is 14.9 Å². The molecule has 160 valence electrons. The Morgan fingerprint density at radius 2 is 1.97 bits per heavy atom. The normalized spacial score (nSPS) is 10.8. The van der Waals surface area contributed by atoms with Gasteiger partial charge in [-0.2, -0.15) is 5.10 Å². The highest BCUT2D eigenvalue weighted by Gasteiger charge is 2.14. The number of benzene rings is 2. The van der Waals surface area contributed by atoms with Crippen molar-refractivity contribution in [1.82, 2.24) is 4.98 Å². The van der Waals surface area contributed by atoms with E-state index in [1.54, 1.807) is 24.3 Å². The Hall–Kier alpha value is -3.17. The first kappa shape index (κ1) is 22.5. The molecule has 1 heterocycles. The maximum atomic E-state index is 11.1. The quantitative estimate of drug-likeness (QED) is 0.223. The average Bonchev–Trinajstić information content (AvgIpc) is 2.76. The van der Waals surface area contributed by atoms with Crippen LogP contribution in [0, 0.1) is 10.1 Å². The van der Waals surface area contributed by atoms with Crippen LogP contribution in [0.1, 0.15) is 18.1 Å². The third-order valence-corrected chi connectivity index (χ3v) is 4.97. The van der Waals surface area contributed by atoms with E-state index in [1.165, 1.54) is 24.5 Å². The van der Waals surface area contributed by atoms with E-state index in [0.29, 0.717) is 39.8 Å². The van der Waals surface area contributed by atoms with Crippen molar-refractivity contribution in [1.29, 1.82) is 0 Å². The highest BCUT2D eigenvalue weighted by molar-refractivity contribution is 9.10. The lowest BCUT2D eigenvalue weighted by Gasteiger charge is -2.14. The summed E-state index contributed by atoms with van der Waals surface area (Å²) in [5, 5.41) is 15.8. The van der Waals surface area contributed by atoms with Crippen LogP contribution in [0.25, 0.3) is 0 Å². The number of rotatable bonds is 9. The molecule has 0 fully saturated rings. The molecule has 0 aliphatic carbocycles. The minimum absolute atomic E-state index is 0.0489. The molecule has 8 nitrogen and oxygen atoms in total. The molecule has 3 aromatic rings. The zero-order chi connectivity index (χ0) is 22.2. The molecule has 0 bridgehead atoms. The van der Waals surface area contributed by atoms with Crippen molar-refractivity contribution in [3.63, 3.8) is 0 Å². The van der Waals surface area contributed by atoms with Gasteiger partial charge in [-0.15, -0.1) is 0 Å². The molecule has 0 unspecified atom stereocenters. The minimum atomic E-state index is -0.527. The lowest BCUT2D eigenvalue weighted by Crippen LogP contribution is -2.02. The molecule has 0 aliphatic rings. The van der Waals surface area contributed by atoms with Gasteiger partial charge in [-0.3, -0.25) is 15.5 Å². The van der Waals surface area contributed by atoms with Crippen molar-refractivity contribution in [2.75, 3.05) is 12.0 Å². The topological polar surface area (TPSA) is 98.9 Å². The smallest absolute Gasteiger partial charge is 0.313 e. The van der Waals surface area contributed by atoms with Gasteiger partial charge < -0.3 is 9.47 Å². The van der Waals surface area contributed by atoms with Crippen LogP contribution in [-0.4, -0.2) is 22.7 Å². The molecule has 0 aliphatic heterocycles. The molecule has 0 atom stereocenters. The van der Waals surface area contributed by atoms with Gasteiger partial charge in [0.05, 0.1) is 17.7 Å². The number of halogens is 2. The third-order valence-electron chi connectivity index (χ3n) is 4.03. The second-order valence-corrected chi connectivity index (χ2v) is 7.46. The van der Waals surface area contributed by atoms with Crippen LogP contribution in [0.2, 0.25) is 5.02 Å². The summed E-state index contributed by atoms with van der Waals surface area (Å²) in [4.78, 5) is 14.5. The fourth-order valence-electron chi connectivity index (χ4n) is 2.57. The maximum absolute atomic E-state index is 11.1. The number of anilines is 1. The molecule has 3 rings (SSSR count). The molecule has 2 aromatic carbocycles. The second-order valence-electron chi connectivity index (χ2n) is 6.17. The van der Waals surface area contributed by atoms with Crippen molar-refractivity contribution >= 4 is 45.3 Å². The molecule has 10 heteroatoms. The van der Waals surface area contributed by atoms with Crippen molar-refractivity contribution in [2.45, 2.75) is 13.5 Å². The molecule has 1 N–H and O–H groups in total. The fourth-order valence-corrected chi connectivity index (χ4v) is 3.12. The minimum Gasteiger partial charge on any atom is -0.490 e. The van der Waals surface area contributed by atoms with Gasteiger partial charge in [0.15, 0.2) is 11.5 Å². The van der Waals surface area contributed by atoms with Gasteiger partial charge in [-0.1, -0.05) is 23.7 Å². The summed E-state index contributed by atoms with van der Waals surface area (Å²) in [5.74, 6) is 1.16. The van der Waals surface area contributed by atoms with Crippen LogP contribution in [-0.2, 0) is 6.61 Å². The molecule has 0 saturated heterocycles. The van der Waals surface area contributed by atoms with Crippen LogP contribution in [0.5, 0.6) is 11.5 Å². The van der Waals surface area contributed by atoms with E-state index in [0.717, 1.165) is 5.56 Å². The number of hydrazone groups is 1. The summed E-state index contributed by atoms with van der Waals surface area (Å²) in [6, 6.07) is 13.8. The number of nitro groups is 1. The zero-order valence-electron chi connectivity index (χ0n) is 16.4. The Kier molecular flexibility index (Phi) is 7.80.